The zero-order chi connectivity index (χ0) is 15.1. The third kappa shape index (κ3) is 3.38. The van der Waals surface area contributed by atoms with Crippen LogP contribution in [0.1, 0.15) is 12.2 Å². The number of aldehydes is 1. The van der Waals surface area contributed by atoms with E-state index in [0.717, 1.165) is 29.2 Å². The molecule has 6 N–H and O–H groups in total. The van der Waals surface area contributed by atoms with Gasteiger partial charge in [-0.05, 0) is 24.3 Å². The number of hydrogen-bond acceptors (Lipinski definition) is 6. The van der Waals surface area contributed by atoms with Gasteiger partial charge in [-0.25, -0.2) is 4.98 Å². The molecule has 1 aliphatic heterocycles. The van der Waals surface area contributed by atoms with E-state index in [4.69, 9.17) is 11.5 Å². The summed E-state index contributed by atoms with van der Waals surface area (Å²) < 4.78 is 0. The van der Waals surface area contributed by atoms with E-state index in [0.29, 0.717) is 17.7 Å². The minimum Gasteiger partial charge on any atom is -0.404 e. The first-order valence-corrected chi connectivity index (χ1v) is 6.57. The van der Waals surface area contributed by atoms with E-state index < -0.39 is 0 Å². The Bertz CT molecular complexity index is 710. The molecule has 0 radical (unpaired) electrons. The molecule has 21 heavy (non-hydrogen) atoms. The second-order valence-corrected chi connectivity index (χ2v) is 4.36. The van der Waals surface area contributed by atoms with Crippen LogP contribution in [0.2, 0.25) is 0 Å². The van der Waals surface area contributed by atoms with Crippen LogP contribution >= 0.6 is 0 Å². The Morgan fingerprint density at radius 3 is 2.95 bits per heavy atom. The lowest BCUT2D eigenvalue weighted by molar-refractivity contribution is -0.106. The minimum absolute atomic E-state index is 0.0898. The van der Waals surface area contributed by atoms with Crippen LogP contribution in [-0.4, -0.2) is 35.6 Å². The number of hydrogen-bond donors (Lipinski definition) is 4. The molecule has 0 saturated heterocycles. The lowest BCUT2D eigenvalue weighted by atomic mass is 10.1. The Labute approximate surface area is 121 Å². The van der Waals surface area contributed by atoms with E-state index in [1.165, 1.54) is 18.6 Å². The number of aliphatic imine (C=N–C) groups is 1. The van der Waals surface area contributed by atoms with Crippen molar-refractivity contribution in [3.8, 4) is 0 Å². The van der Waals surface area contributed by atoms with Crippen molar-refractivity contribution in [3.05, 3.63) is 35.0 Å². The molecular formula is C14H18N6O. The molecule has 1 aromatic rings. The van der Waals surface area contributed by atoms with Gasteiger partial charge in [-0.3, -0.25) is 4.99 Å². The zero-order valence-corrected chi connectivity index (χ0v) is 11.5. The van der Waals surface area contributed by atoms with E-state index in [9.17, 15) is 4.79 Å². The van der Waals surface area contributed by atoms with Crippen LogP contribution in [0.15, 0.2) is 23.5 Å². The highest BCUT2D eigenvalue weighted by Crippen LogP contribution is 2.06. The summed E-state index contributed by atoms with van der Waals surface area (Å²) in [4.78, 5) is 21.9. The molecule has 0 fully saturated rings. The zero-order valence-electron chi connectivity index (χ0n) is 11.5. The van der Waals surface area contributed by atoms with E-state index >= 15 is 0 Å². The van der Waals surface area contributed by atoms with E-state index in [1.54, 1.807) is 0 Å². The Morgan fingerprint density at radius 2 is 2.33 bits per heavy atom. The van der Waals surface area contributed by atoms with Crippen LogP contribution < -0.4 is 27.5 Å². The molecule has 0 amide bonds. The average molecular weight is 286 g/mol. The molecule has 1 aliphatic rings. The summed E-state index contributed by atoms with van der Waals surface area (Å²) in [5.41, 5.74) is 12.9. The molecule has 2 heterocycles. The molecule has 110 valence electrons. The van der Waals surface area contributed by atoms with Gasteiger partial charge in [-0.2, -0.15) is 0 Å². The van der Waals surface area contributed by atoms with Gasteiger partial charge in [0, 0.05) is 25.2 Å². The van der Waals surface area contributed by atoms with Gasteiger partial charge in [-0.1, -0.05) is 0 Å². The lowest BCUT2D eigenvalue weighted by Crippen LogP contribution is -2.30. The van der Waals surface area contributed by atoms with Crippen molar-refractivity contribution in [3.63, 3.8) is 0 Å². The molecule has 0 spiro atoms. The summed E-state index contributed by atoms with van der Waals surface area (Å²) in [5, 5.41) is 4.66. The van der Waals surface area contributed by atoms with Crippen molar-refractivity contribution in [2.75, 3.05) is 13.1 Å². The van der Waals surface area contributed by atoms with Crippen molar-refractivity contribution in [1.82, 2.24) is 15.3 Å². The number of nitrogens with zero attached hydrogens (tertiary/aromatic N) is 2. The van der Waals surface area contributed by atoms with Crippen LogP contribution in [0.25, 0.3) is 17.3 Å². The van der Waals surface area contributed by atoms with E-state index in [2.05, 4.69) is 20.3 Å². The third-order valence-electron chi connectivity index (χ3n) is 3.01. The fraction of sp³-hybridized carbons (Fsp3) is 0.214. The maximum absolute atomic E-state index is 10.3. The Hall–Kier alpha value is -2.83. The quantitative estimate of drug-likeness (QED) is 0.389. The predicted molar refractivity (Wildman–Crippen MR) is 83.2 cm³/mol. The summed E-state index contributed by atoms with van der Waals surface area (Å²) in [6, 6.07) is 0. The van der Waals surface area contributed by atoms with Crippen molar-refractivity contribution >= 4 is 29.8 Å². The highest BCUT2D eigenvalue weighted by atomic mass is 16.1. The largest absolute Gasteiger partial charge is 0.404 e. The van der Waals surface area contributed by atoms with Crippen molar-refractivity contribution in [1.29, 1.82) is 0 Å². The van der Waals surface area contributed by atoms with Crippen molar-refractivity contribution in [2.24, 2.45) is 16.5 Å². The molecule has 0 bridgehead atoms. The van der Waals surface area contributed by atoms with Crippen LogP contribution in [-0.2, 0) is 4.79 Å². The summed E-state index contributed by atoms with van der Waals surface area (Å²) in [6.07, 6.45) is 9.82. The Morgan fingerprint density at radius 1 is 1.48 bits per heavy atom. The topological polar surface area (TPSA) is 122 Å². The maximum Gasteiger partial charge on any atom is 0.141 e. The molecule has 7 heteroatoms. The third-order valence-corrected chi connectivity index (χ3v) is 3.01. The number of allylic oxidation sites excluding steroid dienone is 2. The van der Waals surface area contributed by atoms with Gasteiger partial charge in [-0.15, -0.1) is 0 Å². The SMILES string of the molecule is NC=C(C=NCC=O)c1nc(=C2\C=CNCC2)/c(=C\N)[nH]1. The fourth-order valence-corrected chi connectivity index (χ4v) is 2.00. The molecule has 2 rings (SSSR count). The van der Waals surface area contributed by atoms with Crippen molar-refractivity contribution in [2.45, 2.75) is 6.42 Å². The van der Waals surface area contributed by atoms with Gasteiger partial charge >= 0.3 is 0 Å². The molecule has 0 atom stereocenters. The second kappa shape index (κ2) is 7.09. The highest BCUT2D eigenvalue weighted by Gasteiger charge is 2.07. The number of carbonyl (C=O) groups is 1. The number of imidazole rings is 1. The standard InChI is InChI=1S/C14H18N6O/c15-7-11(9-18-5-6-21)14-19-12(8-16)13(20-14)10-1-3-17-4-2-10/h1,3,6-9,17H,2,4-5,15-16H2,(H,19,20)/b11-7?,12-8+,13-10+,18-9?. The number of nitrogens with one attached hydrogen (secondary N) is 2. The van der Waals surface area contributed by atoms with Gasteiger partial charge < -0.3 is 26.6 Å². The first kappa shape index (κ1) is 14.6. The second-order valence-electron chi connectivity index (χ2n) is 4.36. The molecule has 0 aliphatic carbocycles. The summed E-state index contributed by atoms with van der Waals surface area (Å²) in [7, 11) is 0. The number of nitrogens with two attached hydrogens (primary N) is 2. The highest BCUT2D eigenvalue weighted by molar-refractivity contribution is 6.08. The van der Waals surface area contributed by atoms with Crippen molar-refractivity contribution < 1.29 is 4.79 Å². The summed E-state index contributed by atoms with van der Waals surface area (Å²) in [6.45, 7) is 0.949. The first-order chi connectivity index (χ1) is 10.3. The van der Waals surface area contributed by atoms with Gasteiger partial charge in [0.05, 0.1) is 22.8 Å². The minimum atomic E-state index is 0.0898. The molecule has 7 nitrogen and oxygen atoms in total. The normalized spacial score (nSPS) is 19.0. The average Bonchev–Trinajstić information content (AvgIpc) is 2.96. The predicted octanol–water partition coefficient (Wildman–Crippen LogP) is -1.67. The summed E-state index contributed by atoms with van der Waals surface area (Å²) >= 11 is 0. The smallest absolute Gasteiger partial charge is 0.141 e. The number of aromatic nitrogens is 2. The number of rotatable bonds is 4. The van der Waals surface area contributed by atoms with Crippen LogP contribution in [0.4, 0.5) is 0 Å². The van der Waals surface area contributed by atoms with Crippen LogP contribution in [0.3, 0.4) is 0 Å². The molecule has 0 aromatic carbocycles. The maximum atomic E-state index is 10.3. The van der Waals surface area contributed by atoms with E-state index in [-0.39, 0.29) is 6.54 Å². The van der Waals surface area contributed by atoms with Gasteiger partial charge in [0.1, 0.15) is 12.1 Å². The molecule has 0 saturated carbocycles. The van der Waals surface area contributed by atoms with Crippen LogP contribution in [0.5, 0.6) is 0 Å². The van der Waals surface area contributed by atoms with Gasteiger partial charge in [0.15, 0.2) is 0 Å². The van der Waals surface area contributed by atoms with Gasteiger partial charge in [0.25, 0.3) is 0 Å². The molecule has 1 aromatic heterocycles. The first-order valence-electron chi connectivity index (χ1n) is 6.57. The van der Waals surface area contributed by atoms with Gasteiger partial charge in [0.2, 0.25) is 0 Å². The number of carbonyl (C=O) groups excluding carboxylic acids is 1. The number of aromatic amines is 1. The number of H-pyrrole nitrogens is 1. The monoisotopic (exact) mass is 286 g/mol. The molecule has 0 unspecified atom stereocenters. The molecular weight excluding hydrogens is 268 g/mol. The Kier molecular flexibility index (Phi) is 4.92. The Balaban J connectivity index is 2.49. The van der Waals surface area contributed by atoms with Crippen LogP contribution in [0, 0.1) is 0 Å². The summed E-state index contributed by atoms with van der Waals surface area (Å²) in [5.74, 6) is 0.568. The fourth-order valence-electron chi connectivity index (χ4n) is 2.00. The lowest BCUT2D eigenvalue weighted by Gasteiger charge is -2.07. The van der Waals surface area contributed by atoms with E-state index in [1.807, 2.05) is 12.3 Å².